The molecule has 0 radical (unpaired) electrons. The average molecular weight is 521 g/mol. The Bertz CT molecular complexity index is 1610. The van der Waals surface area contributed by atoms with Crippen molar-refractivity contribution in [1.82, 2.24) is 14.5 Å². The van der Waals surface area contributed by atoms with Crippen molar-refractivity contribution >= 4 is 26.6 Å². The van der Waals surface area contributed by atoms with Crippen molar-refractivity contribution in [3.05, 3.63) is 88.0 Å². The molecule has 4 aromatic rings. The van der Waals surface area contributed by atoms with E-state index in [1.165, 1.54) is 12.5 Å². The van der Waals surface area contributed by atoms with Crippen molar-refractivity contribution in [1.29, 1.82) is 0 Å². The molecule has 2 heterocycles. The summed E-state index contributed by atoms with van der Waals surface area (Å²) < 4.78 is 24.8. The monoisotopic (exact) mass is 520 g/mol. The van der Waals surface area contributed by atoms with E-state index >= 15 is 0 Å². The average Bonchev–Trinajstić information content (AvgIpc) is 2.84. The molecule has 0 amide bonds. The van der Waals surface area contributed by atoms with Gasteiger partial charge in [0.05, 0.1) is 23.9 Å². The molecule has 1 atom stereocenters. The Labute approximate surface area is 217 Å². The lowest BCUT2D eigenvalue weighted by molar-refractivity contribution is -0.0882. The van der Waals surface area contributed by atoms with E-state index in [9.17, 15) is 14.1 Å². The molecular formula is C28H32N4O4S. The van der Waals surface area contributed by atoms with Crippen LogP contribution in [-0.2, 0) is 27.1 Å². The van der Waals surface area contributed by atoms with Gasteiger partial charge in [0, 0.05) is 46.4 Å². The molecule has 0 saturated carbocycles. The zero-order valence-corrected chi connectivity index (χ0v) is 22.7. The van der Waals surface area contributed by atoms with Crippen LogP contribution in [0.25, 0.3) is 22.0 Å². The molecule has 9 heteroatoms. The Morgan fingerprint density at radius 1 is 1.08 bits per heavy atom. The molecule has 1 unspecified atom stereocenters. The summed E-state index contributed by atoms with van der Waals surface area (Å²) in [6.45, 7) is 5.18. The largest absolute Gasteiger partial charge is 0.393 e. The molecule has 0 spiro atoms. The number of ether oxygens (including phenoxy) is 1. The number of pyridine rings is 1. The summed E-state index contributed by atoms with van der Waals surface area (Å²) >= 11 is 0. The Morgan fingerprint density at radius 2 is 1.78 bits per heavy atom. The predicted octanol–water partition coefficient (Wildman–Crippen LogP) is 4.32. The fourth-order valence-corrected chi connectivity index (χ4v) is 4.93. The number of aliphatic hydroxyl groups excluding tert-OH is 1. The van der Waals surface area contributed by atoms with Gasteiger partial charge in [-0.2, -0.15) is 4.36 Å². The third-order valence-electron chi connectivity index (χ3n) is 5.96. The number of aliphatic hydroxyl groups is 1. The van der Waals surface area contributed by atoms with Gasteiger partial charge in [0.2, 0.25) is 0 Å². The zero-order valence-electron chi connectivity index (χ0n) is 21.9. The van der Waals surface area contributed by atoms with Crippen LogP contribution in [0.4, 0.5) is 5.95 Å². The molecule has 2 aromatic carbocycles. The molecule has 0 saturated heterocycles. The van der Waals surface area contributed by atoms with Gasteiger partial charge in [0.25, 0.3) is 11.5 Å². The highest BCUT2D eigenvalue weighted by Crippen LogP contribution is 2.39. The maximum absolute atomic E-state index is 12.5. The summed E-state index contributed by atoms with van der Waals surface area (Å²) in [7, 11) is -0.833. The minimum atomic E-state index is -2.55. The first-order valence-corrected chi connectivity index (χ1v) is 14.3. The maximum Gasteiger partial charge on any atom is 0.258 e. The zero-order chi connectivity index (χ0) is 27.0. The lowest BCUT2D eigenvalue weighted by Gasteiger charge is -2.35. The fourth-order valence-electron chi connectivity index (χ4n) is 4.45. The lowest BCUT2D eigenvalue weighted by atomic mass is 9.87. The molecule has 194 valence electrons. The summed E-state index contributed by atoms with van der Waals surface area (Å²) in [5.74, 6) is 0.0596. The van der Waals surface area contributed by atoms with Crippen LogP contribution >= 0.6 is 0 Å². The maximum atomic E-state index is 12.5. The van der Waals surface area contributed by atoms with E-state index in [1.807, 2.05) is 68.4 Å². The minimum Gasteiger partial charge on any atom is -0.393 e. The van der Waals surface area contributed by atoms with Gasteiger partial charge in [0.15, 0.2) is 5.60 Å². The number of nitrogens with zero attached hydrogens (tertiary/aromatic N) is 4. The van der Waals surface area contributed by atoms with Crippen LogP contribution in [0.5, 0.6) is 0 Å². The number of aromatic nitrogens is 3. The topological polar surface area (TPSA) is 107 Å². The van der Waals surface area contributed by atoms with Gasteiger partial charge in [-0.15, -0.1) is 0 Å². The van der Waals surface area contributed by atoms with Crippen LogP contribution in [0.1, 0.15) is 30.7 Å². The van der Waals surface area contributed by atoms with E-state index in [4.69, 9.17) is 9.72 Å². The van der Waals surface area contributed by atoms with Crippen LogP contribution in [0.15, 0.2) is 70.0 Å². The molecule has 0 fully saturated rings. The highest BCUT2D eigenvalue weighted by atomic mass is 32.2. The number of rotatable bonds is 7. The Balaban J connectivity index is 2.11. The molecule has 4 rings (SSSR count). The third-order valence-corrected chi connectivity index (χ3v) is 6.57. The predicted molar refractivity (Wildman–Crippen MR) is 148 cm³/mol. The van der Waals surface area contributed by atoms with Gasteiger partial charge in [-0.25, -0.2) is 14.2 Å². The Kier molecular flexibility index (Phi) is 7.32. The number of fused-ring (bicyclic) bond motifs is 1. The summed E-state index contributed by atoms with van der Waals surface area (Å²) in [6, 6.07) is 16.9. The van der Waals surface area contributed by atoms with Gasteiger partial charge in [-0.1, -0.05) is 36.4 Å². The van der Waals surface area contributed by atoms with Crippen LogP contribution in [-0.4, -0.2) is 49.1 Å². The standard InChI is InChI=1S/C28H32N4O4S/c1-18(2)36-28(17-33,22-10-8-7-9-11-22)25-23-15-20(21-14-19(3)26(34)32(4)16-21)12-13-24(23)29-27(30-25)31-37(5,6)35/h7-16,18,33H,17H2,1-6H3. The van der Waals surface area contributed by atoms with Gasteiger partial charge in [-0.05, 0) is 55.7 Å². The van der Waals surface area contributed by atoms with E-state index in [-0.39, 0.29) is 17.6 Å². The molecule has 0 bridgehead atoms. The van der Waals surface area contributed by atoms with Gasteiger partial charge >= 0.3 is 0 Å². The Hall–Kier alpha value is -3.40. The van der Waals surface area contributed by atoms with Crippen molar-refractivity contribution in [3.8, 4) is 11.1 Å². The summed E-state index contributed by atoms with van der Waals surface area (Å²) in [5.41, 5.74) is 2.64. The number of aryl methyl sites for hydroxylation is 2. The van der Waals surface area contributed by atoms with Crippen molar-refractivity contribution in [2.75, 3.05) is 19.1 Å². The third kappa shape index (κ3) is 5.49. The summed E-state index contributed by atoms with van der Waals surface area (Å²) in [4.78, 5) is 21.6. The van der Waals surface area contributed by atoms with E-state index in [0.29, 0.717) is 27.7 Å². The molecule has 2 aromatic heterocycles. The van der Waals surface area contributed by atoms with E-state index in [1.54, 1.807) is 24.7 Å². The van der Waals surface area contributed by atoms with Gasteiger partial charge < -0.3 is 14.4 Å². The second-order valence-corrected chi connectivity index (χ2v) is 12.3. The normalized spacial score (nSPS) is 13.6. The minimum absolute atomic E-state index is 0.0590. The number of hydrogen-bond acceptors (Lipinski definition) is 7. The molecule has 0 aliphatic carbocycles. The smallest absolute Gasteiger partial charge is 0.258 e. The van der Waals surface area contributed by atoms with Gasteiger partial charge in [0.1, 0.15) is 0 Å². The van der Waals surface area contributed by atoms with Crippen LogP contribution in [0, 0.1) is 6.92 Å². The van der Waals surface area contributed by atoms with Gasteiger partial charge in [-0.3, -0.25) is 4.79 Å². The van der Waals surface area contributed by atoms with Crippen molar-refractivity contribution in [3.63, 3.8) is 0 Å². The van der Waals surface area contributed by atoms with Crippen LogP contribution in [0.3, 0.4) is 0 Å². The van der Waals surface area contributed by atoms with Crippen molar-refractivity contribution < 1.29 is 14.1 Å². The second kappa shape index (κ2) is 10.2. The first kappa shape index (κ1) is 26.7. The first-order valence-electron chi connectivity index (χ1n) is 11.9. The second-order valence-electron chi connectivity index (χ2n) is 9.72. The quantitative estimate of drug-likeness (QED) is 0.389. The molecule has 1 N–H and O–H groups in total. The van der Waals surface area contributed by atoms with Crippen molar-refractivity contribution in [2.45, 2.75) is 32.5 Å². The highest BCUT2D eigenvalue weighted by molar-refractivity contribution is 7.92. The van der Waals surface area contributed by atoms with Crippen LogP contribution in [0.2, 0.25) is 0 Å². The molecule has 0 aliphatic heterocycles. The summed E-state index contributed by atoms with van der Waals surface area (Å²) in [6.07, 6.45) is 4.57. The van der Waals surface area contributed by atoms with E-state index in [2.05, 4.69) is 9.35 Å². The van der Waals surface area contributed by atoms with Crippen molar-refractivity contribution in [2.24, 2.45) is 11.4 Å². The van der Waals surface area contributed by atoms with E-state index < -0.39 is 21.9 Å². The molecular weight excluding hydrogens is 488 g/mol. The lowest BCUT2D eigenvalue weighted by Crippen LogP contribution is -2.39. The Morgan fingerprint density at radius 3 is 2.38 bits per heavy atom. The van der Waals surface area contributed by atoms with E-state index in [0.717, 1.165) is 11.1 Å². The number of hydrogen-bond donors (Lipinski definition) is 1. The SMILES string of the molecule is Cc1cc(-c2ccc3nc(N=S(C)(C)=O)nc(C(CO)(OC(C)C)c4ccccc4)c3c2)cn(C)c1=O. The molecule has 37 heavy (non-hydrogen) atoms. The number of benzene rings is 2. The summed E-state index contributed by atoms with van der Waals surface area (Å²) in [5, 5.41) is 11.5. The van der Waals surface area contributed by atoms with Crippen LogP contribution < -0.4 is 5.56 Å². The molecule has 8 nitrogen and oxygen atoms in total. The fraction of sp³-hybridized carbons (Fsp3) is 0.321. The molecule has 0 aliphatic rings. The first-order chi connectivity index (χ1) is 17.4. The highest BCUT2D eigenvalue weighted by Gasteiger charge is 2.39.